The van der Waals surface area contributed by atoms with Crippen molar-refractivity contribution in [3.05, 3.63) is 0 Å². The molecule has 2 unspecified atom stereocenters. The van der Waals surface area contributed by atoms with E-state index in [1.165, 1.54) is 0 Å². The molecule has 0 aromatic heterocycles. The van der Waals surface area contributed by atoms with Gasteiger partial charge in [0.25, 0.3) is 0 Å². The highest BCUT2D eigenvalue weighted by Crippen LogP contribution is 2.47. The summed E-state index contributed by atoms with van der Waals surface area (Å²) in [6, 6.07) is 0. The van der Waals surface area contributed by atoms with Gasteiger partial charge in [0.15, 0.2) is 0 Å². The molecule has 0 aromatic carbocycles. The van der Waals surface area contributed by atoms with Crippen LogP contribution in [0.25, 0.3) is 0 Å². The molecule has 0 amide bonds. The molecular weight excluding hydrogens is 159 g/mol. The molecule has 2 atom stereocenters. The summed E-state index contributed by atoms with van der Waals surface area (Å²) < 4.78 is 11.4. The van der Waals surface area contributed by atoms with Crippen LogP contribution in [0, 0.1) is 0 Å². The Hall–Kier alpha value is 0.190. The summed E-state index contributed by atoms with van der Waals surface area (Å²) in [7, 11) is -3.12. The summed E-state index contributed by atoms with van der Waals surface area (Å²) in [5.41, 5.74) is -0.350. The van der Waals surface area contributed by atoms with Gasteiger partial charge < -0.3 is 9.46 Å². The molecule has 0 aliphatic rings. The van der Waals surface area contributed by atoms with Gasteiger partial charge in [0.05, 0.1) is 0 Å². The molecule has 0 spiro atoms. The molecule has 0 aliphatic carbocycles. The monoisotopic (exact) mass is 177 g/mol. The first-order chi connectivity index (χ1) is 4.92. The summed E-state index contributed by atoms with van der Waals surface area (Å²) in [5, 5.41) is 0. The second-order valence-corrected chi connectivity index (χ2v) is 6.58. The van der Waals surface area contributed by atoms with E-state index >= 15 is 0 Å². The van der Waals surface area contributed by atoms with Crippen LogP contribution in [-0.2, 0) is 4.57 Å². The fourth-order valence-corrected chi connectivity index (χ4v) is 2.74. The zero-order valence-electron chi connectivity index (χ0n) is 7.83. The van der Waals surface area contributed by atoms with Crippen LogP contribution in [-0.4, -0.2) is 11.3 Å². The fourth-order valence-electron chi connectivity index (χ4n) is 1.11. The van der Waals surface area contributed by atoms with E-state index in [1.54, 1.807) is 20.8 Å². The lowest BCUT2D eigenvalue weighted by molar-refractivity contribution is -0.179. The van der Waals surface area contributed by atoms with Crippen molar-refractivity contribution in [2.75, 3.05) is 0 Å². The van der Waals surface area contributed by atoms with Gasteiger partial charge in [-0.15, -0.1) is 0 Å². The summed E-state index contributed by atoms with van der Waals surface area (Å²) in [5.74, 6) is 0. The maximum Gasteiger partial charge on any atom is 0.0200 e. The maximum atomic E-state index is 11.4. The van der Waals surface area contributed by atoms with Gasteiger partial charge in [-0.2, -0.15) is 0 Å². The third-order valence-corrected chi connectivity index (χ3v) is 4.97. The highest BCUT2D eigenvalue weighted by atomic mass is 31.2. The van der Waals surface area contributed by atoms with Crippen molar-refractivity contribution in [2.24, 2.45) is 0 Å². The Morgan fingerprint density at radius 3 is 2.09 bits per heavy atom. The van der Waals surface area contributed by atoms with Gasteiger partial charge >= 0.3 is 0 Å². The van der Waals surface area contributed by atoms with Gasteiger partial charge in [0.1, 0.15) is 0 Å². The molecule has 0 N–H and O–H groups in total. The van der Waals surface area contributed by atoms with E-state index in [0.29, 0.717) is 0 Å². The van der Waals surface area contributed by atoms with Crippen LogP contribution in [0.4, 0.5) is 0 Å². The lowest BCUT2D eigenvalue weighted by Crippen LogP contribution is -2.20. The van der Waals surface area contributed by atoms with Gasteiger partial charge in [0, 0.05) is 7.37 Å². The molecule has 3 heteroatoms. The minimum atomic E-state index is -3.12. The SMILES string of the molecule is CCCC(C)P(=O)([O-])C(C)C. The van der Waals surface area contributed by atoms with Crippen LogP contribution in [0.1, 0.15) is 40.5 Å². The van der Waals surface area contributed by atoms with Crippen molar-refractivity contribution in [3.63, 3.8) is 0 Å². The molecule has 0 saturated heterocycles. The maximum absolute atomic E-state index is 11.4. The molecule has 2 nitrogen and oxygen atoms in total. The Morgan fingerprint density at radius 1 is 1.36 bits per heavy atom. The third-order valence-electron chi connectivity index (χ3n) is 2.04. The standard InChI is InChI=1S/C8H19O2P/c1-5-6-8(4)11(9,10)7(2)3/h7-8H,5-6H2,1-4H3,(H,9,10)/p-1. The second kappa shape index (κ2) is 4.27. The van der Waals surface area contributed by atoms with E-state index in [-0.39, 0.29) is 11.3 Å². The summed E-state index contributed by atoms with van der Waals surface area (Å²) in [6.45, 7) is 7.31. The van der Waals surface area contributed by atoms with Gasteiger partial charge in [0.2, 0.25) is 0 Å². The topological polar surface area (TPSA) is 40.1 Å². The Bertz CT molecular complexity index is 154. The van der Waals surface area contributed by atoms with Gasteiger partial charge in [-0.05, 0) is 17.7 Å². The van der Waals surface area contributed by atoms with E-state index in [2.05, 4.69) is 0 Å². The van der Waals surface area contributed by atoms with E-state index in [4.69, 9.17) is 0 Å². The molecule has 0 aliphatic heterocycles. The molecular formula is C8H18O2P-. The van der Waals surface area contributed by atoms with Crippen LogP contribution < -0.4 is 4.89 Å². The molecule has 0 fully saturated rings. The summed E-state index contributed by atoms with van der Waals surface area (Å²) in [6.07, 6.45) is 1.74. The van der Waals surface area contributed by atoms with Crippen LogP contribution in [0.5, 0.6) is 0 Å². The van der Waals surface area contributed by atoms with Crippen LogP contribution >= 0.6 is 7.37 Å². The van der Waals surface area contributed by atoms with Crippen LogP contribution in [0.2, 0.25) is 0 Å². The van der Waals surface area contributed by atoms with E-state index < -0.39 is 7.37 Å². The van der Waals surface area contributed by atoms with Crippen LogP contribution in [0.3, 0.4) is 0 Å². The largest absolute Gasteiger partial charge is 0.799 e. The minimum absolute atomic E-state index is 0.146. The lowest BCUT2D eigenvalue weighted by atomic mass is 10.3. The molecule has 0 saturated carbocycles. The molecule has 0 heterocycles. The van der Waals surface area contributed by atoms with E-state index in [9.17, 15) is 9.46 Å². The Balaban J connectivity index is 4.18. The van der Waals surface area contributed by atoms with Crippen molar-refractivity contribution in [1.29, 1.82) is 0 Å². The summed E-state index contributed by atoms with van der Waals surface area (Å²) in [4.78, 5) is 11.4. The lowest BCUT2D eigenvalue weighted by Gasteiger charge is -2.33. The molecule has 0 aromatic rings. The predicted octanol–water partition coefficient (Wildman–Crippen LogP) is 2.22. The minimum Gasteiger partial charge on any atom is -0.799 e. The van der Waals surface area contributed by atoms with Gasteiger partial charge in [-0.25, -0.2) is 0 Å². The number of hydrogen-bond acceptors (Lipinski definition) is 2. The molecule has 0 rings (SSSR count). The Morgan fingerprint density at radius 2 is 1.82 bits per heavy atom. The number of rotatable bonds is 4. The zero-order chi connectivity index (χ0) is 9.07. The normalized spacial score (nSPS) is 19.8. The van der Waals surface area contributed by atoms with E-state index in [0.717, 1.165) is 12.8 Å². The first-order valence-electron chi connectivity index (χ1n) is 4.23. The molecule has 68 valence electrons. The Labute approximate surface area is 69.5 Å². The molecule has 0 radical (unpaired) electrons. The van der Waals surface area contributed by atoms with E-state index in [1.807, 2.05) is 6.92 Å². The van der Waals surface area contributed by atoms with Crippen molar-refractivity contribution >= 4 is 7.37 Å². The highest BCUT2D eigenvalue weighted by Gasteiger charge is 2.19. The van der Waals surface area contributed by atoms with Gasteiger partial charge in [-0.3, -0.25) is 0 Å². The van der Waals surface area contributed by atoms with Crippen LogP contribution in [0.15, 0.2) is 0 Å². The van der Waals surface area contributed by atoms with Gasteiger partial charge in [-0.1, -0.05) is 34.1 Å². The fraction of sp³-hybridized carbons (Fsp3) is 1.00. The highest BCUT2D eigenvalue weighted by molar-refractivity contribution is 7.58. The average Bonchev–Trinajstić information content (AvgIpc) is 1.88. The summed E-state index contributed by atoms with van der Waals surface area (Å²) >= 11 is 0. The predicted molar refractivity (Wildman–Crippen MR) is 47.1 cm³/mol. The number of hydrogen-bond donors (Lipinski definition) is 0. The van der Waals surface area contributed by atoms with Crippen molar-refractivity contribution < 1.29 is 9.46 Å². The molecule has 11 heavy (non-hydrogen) atoms. The third kappa shape index (κ3) is 2.96. The quantitative estimate of drug-likeness (QED) is 0.618. The Kier molecular flexibility index (Phi) is 4.35. The first kappa shape index (κ1) is 11.2. The second-order valence-electron chi connectivity index (χ2n) is 3.38. The van der Waals surface area contributed by atoms with Crippen molar-refractivity contribution in [1.82, 2.24) is 0 Å². The van der Waals surface area contributed by atoms with Crippen molar-refractivity contribution in [3.8, 4) is 0 Å². The first-order valence-corrected chi connectivity index (χ1v) is 5.99. The molecule has 0 bridgehead atoms. The average molecular weight is 177 g/mol. The van der Waals surface area contributed by atoms with Crippen molar-refractivity contribution in [2.45, 2.75) is 51.9 Å². The smallest absolute Gasteiger partial charge is 0.0200 e. The zero-order valence-corrected chi connectivity index (χ0v) is 8.73.